The molecule has 0 unspecified atom stereocenters. The molecule has 1 N–H and O–H groups in total. The summed E-state index contributed by atoms with van der Waals surface area (Å²) in [6.07, 6.45) is -3.73. The molecule has 0 bridgehead atoms. The van der Waals surface area contributed by atoms with E-state index in [0.717, 1.165) is 0 Å². The Labute approximate surface area is 135 Å². The van der Waals surface area contributed by atoms with Gasteiger partial charge in [0, 0.05) is 30.8 Å². The molecule has 9 heteroatoms. The van der Waals surface area contributed by atoms with Gasteiger partial charge in [-0.3, -0.25) is 0 Å². The van der Waals surface area contributed by atoms with Crippen molar-refractivity contribution in [2.45, 2.75) is 19.5 Å². The van der Waals surface area contributed by atoms with Gasteiger partial charge in [0.15, 0.2) is 6.61 Å². The fraction of sp³-hybridized carbons (Fsp3) is 0.429. The first-order valence-corrected chi connectivity index (χ1v) is 7.53. The summed E-state index contributed by atoms with van der Waals surface area (Å²) in [6.45, 7) is 0.918. The first-order chi connectivity index (χ1) is 10.9. The molecule has 0 radical (unpaired) electrons. The maximum absolute atomic E-state index is 12.2. The van der Waals surface area contributed by atoms with Crippen LogP contribution in [0.3, 0.4) is 0 Å². The predicted molar refractivity (Wildman–Crippen MR) is 81.5 cm³/mol. The van der Waals surface area contributed by atoms with E-state index in [1.807, 2.05) is 0 Å². The van der Waals surface area contributed by atoms with Crippen LogP contribution < -0.4 is 10.1 Å². The minimum atomic E-state index is -4.35. The number of aryl methyl sites for hydroxylation is 1. The zero-order valence-electron chi connectivity index (χ0n) is 12.6. The van der Waals surface area contributed by atoms with Gasteiger partial charge in [0.1, 0.15) is 11.6 Å². The molecule has 2 rings (SSSR count). The lowest BCUT2D eigenvalue weighted by Gasteiger charge is -2.12. The molecule has 126 valence electrons. The van der Waals surface area contributed by atoms with Crippen LogP contribution in [0, 0.1) is 6.92 Å². The molecule has 5 nitrogen and oxygen atoms in total. The van der Waals surface area contributed by atoms with Crippen LogP contribution in [0.15, 0.2) is 18.2 Å². The van der Waals surface area contributed by atoms with Gasteiger partial charge in [0.2, 0.25) is 5.13 Å². The van der Waals surface area contributed by atoms with Gasteiger partial charge < -0.3 is 14.8 Å². The van der Waals surface area contributed by atoms with E-state index in [-0.39, 0.29) is 5.75 Å². The van der Waals surface area contributed by atoms with Crippen LogP contribution >= 0.6 is 11.5 Å². The molecule has 0 aliphatic heterocycles. The minimum absolute atomic E-state index is 0.200. The molecule has 0 fully saturated rings. The highest BCUT2D eigenvalue weighted by Gasteiger charge is 2.28. The number of alkyl halides is 3. The van der Waals surface area contributed by atoms with Crippen LogP contribution in [0.5, 0.6) is 5.75 Å². The van der Waals surface area contributed by atoms with Gasteiger partial charge >= 0.3 is 6.18 Å². The molecule has 0 aliphatic carbocycles. The smallest absolute Gasteiger partial charge is 0.422 e. The number of halogens is 3. The fourth-order valence-corrected chi connectivity index (χ4v) is 2.41. The maximum atomic E-state index is 12.2. The van der Waals surface area contributed by atoms with Crippen LogP contribution in [-0.4, -0.2) is 35.9 Å². The summed E-state index contributed by atoms with van der Waals surface area (Å²) < 4.78 is 50.4. The highest BCUT2D eigenvalue weighted by molar-refractivity contribution is 7.09. The normalized spacial score (nSPS) is 11.5. The minimum Gasteiger partial charge on any atom is -0.484 e. The lowest BCUT2D eigenvalue weighted by Crippen LogP contribution is -2.19. The van der Waals surface area contributed by atoms with Gasteiger partial charge in [0.25, 0.3) is 0 Å². The Hall–Kier alpha value is -1.87. The summed E-state index contributed by atoms with van der Waals surface area (Å²) in [5, 5.41) is 3.68. The number of anilines is 2. The first kappa shape index (κ1) is 17.5. The molecule has 0 saturated carbocycles. The van der Waals surface area contributed by atoms with Crippen LogP contribution in [0.2, 0.25) is 0 Å². The van der Waals surface area contributed by atoms with Gasteiger partial charge in [-0.2, -0.15) is 17.5 Å². The Balaban J connectivity index is 1.98. The number of hydrogen-bond acceptors (Lipinski definition) is 6. The number of nitrogens with zero attached hydrogens (tertiary/aromatic N) is 2. The Kier molecular flexibility index (Phi) is 5.78. The molecular formula is C14H16F3N3O2S. The first-order valence-electron chi connectivity index (χ1n) is 6.76. The standard InChI is InChI=1S/C14H16F3N3O2S/c1-9-7-10(3-4-11(9)22-8-14(15,16)17)18-13-19-12(20-23-13)5-6-21-2/h3-4,7H,5-6,8H2,1-2H3,(H,18,19,20). The zero-order chi connectivity index (χ0) is 16.9. The third-order valence-electron chi connectivity index (χ3n) is 2.82. The van der Waals surface area contributed by atoms with Crippen molar-refractivity contribution in [1.29, 1.82) is 0 Å². The molecule has 0 atom stereocenters. The molecule has 0 saturated heterocycles. The van der Waals surface area contributed by atoms with E-state index in [4.69, 9.17) is 9.47 Å². The number of methoxy groups -OCH3 is 1. The van der Waals surface area contributed by atoms with E-state index in [2.05, 4.69) is 14.7 Å². The number of aromatic nitrogens is 2. The zero-order valence-corrected chi connectivity index (χ0v) is 13.4. The summed E-state index contributed by atoms with van der Waals surface area (Å²) >= 11 is 1.21. The van der Waals surface area contributed by atoms with Crippen molar-refractivity contribution in [3.63, 3.8) is 0 Å². The van der Waals surface area contributed by atoms with Crippen LogP contribution in [-0.2, 0) is 11.2 Å². The van der Waals surface area contributed by atoms with Gasteiger partial charge in [-0.1, -0.05) is 0 Å². The second-order valence-corrected chi connectivity index (χ2v) is 5.52. The maximum Gasteiger partial charge on any atom is 0.422 e. The van der Waals surface area contributed by atoms with Crippen molar-refractivity contribution >= 4 is 22.4 Å². The molecule has 23 heavy (non-hydrogen) atoms. The molecular weight excluding hydrogens is 331 g/mol. The van der Waals surface area contributed by atoms with E-state index in [1.165, 1.54) is 17.6 Å². The highest BCUT2D eigenvalue weighted by Crippen LogP contribution is 2.26. The number of hydrogen-bond donors (Lipinski definition) is 1. The third kappa shape index (κ3) is 5.68. The van der Waals surface area contributed by atoms with Gasteiger partial charge in [-0.25, -0.2) is 4.98 Å². The second-order valence-electron chi connectivity index (χ2n) is 4.77. The molecule has 1 heterocycles. The van der Waals surface area contributed by atoms with Crippen molar-refractivity contribution < 1.29 is 22.6 Å². The monoisotopic (exact) mass is 347 g/mol. The summed E-state index contributed by atoms with van der Waals surface area (Å²) in [4.78, 5) is 4.30. The van der Waals surface area contributed by atoms with Crippen molar-refractivity contribution in [3.8, 4) is 5.75 Å². The lowest BCUT2D eigenvalue weighted by molar-refractivity contribution is -0.153. The van der Waals surface area contributed by atoms with E-state index < -0.39 is 12.8 Å². The van der Waals surface area contributed by atoms with Gasteiger partial charge in [-0.05, 0) is 30.7 Å². The number of benzene rings is 1. The Morgan fingerprint density at radius 2 is 2.09 bits per heavy atom. The predicted octanol–water partition coefficient (Wildman–Crippen LogP) is 3.72. The Morgan fingerprint density at radius 3 is 2.74 bits per heavy atom. The topological polar surface area (TPSA) is 56.3 Å². The summed E-state index contributed by atoms with van der Waals surface area (Å²) in [5.41, 5.74) is 1.31. The van der Waals surface area contributed by atoms with Gasteiger partial charge in [0.05, 0.1) is 6.61 Å². The molecule has 0 spiro atoms. The molecule has 1 aromatic heterocycles. The van der Waals surface area contributed by atoms with Crippen molar-refractivity contribution in [1.82, 2.24) is 9.36 Å². The Morgan fingerprint density at radius 1 is 1.30 bits per heavy atom. The van der Waals surface area contributed by atoms with Crippen LogP contribution in [0.4, 0.5) is 24.0 Å². The van der Waals surface area contributed by atoms with Crippen LogP contribution in [0.1, 0.15) is 11.4 Å². The fourth-order valence-electron chi connectivity index (χ4n) is 1.77. The molecule has 2 aromatic rings. The van der Waals surface area contributed by atoms with E-state index in [9.17, 15) is 13.2 Å². The van der Waals surface area contributed by atoms with E-state index in [1.54, 1.807) is 26.2 Å². The van der Waals surface area contributed by atoms with Gasteiger partial charge in [-0.15, -0.1) is 0 Å². The number of rotatable bonds is 7. The van der Waals surface area contributed by atoms with Crippen molar-refractivity contribution in [2.75, 3.05) is 25.6 Å². The van der Waals surface area contributed by atoms with Crippen molar-refractivity contribution in [2.24, 2.45) is 0 Å². The van der Waals surface area contributed by atoms with E-state index in [0.29, 0.717) is 35.2 Å². The second kappa shape index (κ2) is 7.60. The number of ether oxygens (including phenoxy) is 2. The molecule has 0 amide bonds. The lowest BCUT2D eigenvalue weighted by atomic mass is 10.2. The summed E-state index contributed by atoms with van der Waals surface area (Å²) in [5.74, 6) is 0.882. The highest BCUT2D eigenvalue weighted by atomic mass is 32.1. The largest absolute Gasteiger partial charge is 0.484 e. The molecule has 0 aliphatic rings. The average Bonchev–Trinajstić information content (AvgIpc) is 2.91. The SMILES string of the molecule is COCCc1nsc(Nc2ccc(OCC(F)(F)F)c(C)c2)n1. The molecule has 1 aromatic carbocycles. The quantitative estimate of drug-likeness (QED) is 0.827. The van der Waals surface area contributed by atoms with E-state index >= 15 is 0 Å². The summed E-state index contributed by atoms with van der Waals surface area (Å²) in [6, 6.07) is 4.83. The summed E-state index contributed by atoms with van der Waals surface area (Å²) in [7, 11) is 1.61. The number of nitrogens with one attached hydrogen (secondary N) is 1. The average molecular weight is 347 g/mol. The van der Waals surface area contributed by atoms with Crippen molar-refractivity contribution in [3.05, 3.63) is 29.6 Å². The third-order valence-corrected chi connectivity index (χ3v) is 3.48. The van der Waals surface area contributed by atoms with Crippen LogP contribution in [0.25, 0.3) is 0 Å². The Bertz CT molecular complexity index is 646.